The second-order valence-electron chi connectivity index (χ2n) is 2.60. The average molecular weight is 296 g/mol. The van der Waals surface area contributed by atoms with Gasteiger partial charge in [0.25, 0.3) is 5.91 Å². The van der Waals surface area contributed by atoms with Gasteiger partial charge in [0.05, 0.1) is 5.51 Å². The number of carbonyl (C=O) groups is 2. The van der Waals surface area contributed by atoms with Gasteiger partial charge >= 0.3 is 0 Å². The summed E-state index contributed by atoms with van der Waals surface area (Å²) < 4.78 is 0. The highest BCUT2D eigenvalue weighted by atomic mass is 35.5. The zero-order chi connectivity index (χ0) is 12.8. The van der Waals surface area contributed by atoms with E-state index in [-0.39, 0.29) is 11.4 Å². The minimum absolute atomic E-state index is 0.0373. The number of hydrogen-bond donors (Lipinski definition) is 1. The lowest BCUT2D eigenvalue weighted by atomic mass is 10.3. The number of halogens is 2. The molecule has 6 nitrogen and oxygen atoms in total. The van der Waals surface area contributed by atoms with Crippen LogP contribution in [0.4, 0.5) is 5.00 Å². The molecule has 0 atom stereocenters. The predicted molar refractivity (Wildman–Crippen MR) is 65.8 cm³/mol. The van der Waals surface area contributed by atoms with Crippen molar-refractivity contribution in [3.63, 3.8) is 0 Å². The van der Waals surface area contributed by atoms with Crippen molar-refractivity contribution in [3.05, 3.63) is 11.2 Å². The molecular formula is C8H7Cl2N3O3S. The van der Waals surface area contributed by atoms with Gasteiger partial charge in [0.15, 0.2) is 16.8 Å². The van der Waals surface area contributed by atoms with Crippen LogP contribution in [0.3, 0.4) is 0 Å². The molecule has 0 aliphatic carbocycles. The molecule has 1 rings (SSSR count). The monoisotopic (exact) mass is 295 g/mol. The number of alkyl halides is 2. The lowest BCUT2D eigenvalue weighted by Gasteiger charge is -2.04. The first-order chi connectivity index (χ1) is 8.10. The van der Waals surface area contributed by atoms with Crippen LogP contribution in [0.15, 0.2) is 10.7 Å². The molecule has 0 fully saturated rings. The van der Waals surface area contributed by atoms with E-state index in [2.05, 4.69) is 20.3 Å². The fourth-order valence-electron chi connectivity index (χ4n) is 0.903. The van der Waals surface area contributed by atoms with Gasteiger partial charge < -0.3 is 10.2 Å². The van der Waals surface area contributed by atoms with Gasteiger partial charge in [-0.25, -0.2) is 4.98 Å². The van der Waals surface area contributed by atoms with Crippen LogP contribution in [0.1, 0.15) is 5.69 Å². The van der Waals surface area contributed by atoms with Gasteiger partial charge in [0.1, 0.15) is 17.8 Å². The van der Waals surface area contributed by atoms with Crippen molar-refractivity contribution in [2.75, 3.05) is 12.4 Å². The van der Waals surface area contributed by atoms with Gasteiger partial charge in [-0.2, -0.15) is 0 Å². The van der Waals surface area contributed by atoms with Crippen LogP contribution in [-0.4, -0.2) is 34.8 Å². The van der Waals surface area contributed by atoms with Crippen LogP contribution < -0.4 is 5.32 Å². The summed E-state index contributed by atoms with van der Waals surface area (Å²) in [7, 11) is 1.29. The first-order valence-corrected chi connectivity index (χ1v) is 5.94. The molecule has 0 aliphatic rings. The summed E-state index contributed by atoms with van der Waals surface area (Å²) in [5.74, 6) is -0.610. The molecule has 0 saturated carbocycles. The molecule has 0 aromatic carbocycles. The normalized spacial score (nSPS) is 11.4. The lowest BCUT2D eigenvalue weighted by Crippen LogP contribution is -2.19. The lowest BCUT2D eigenvalue weighted by molar-refractivity contribution is -0.114. The Balaban J connectivity index is 2.96. The second kappa shape index (κ2) is 6.53. The van der Waals surface area contributed by atoms with Crippen LogP contribution in [0.5, 0.6) is 0 Å². The van der Waals surface area contributed by atoms with E-state index in [1.807, 2.05) is 0 Å². The molecule has 0 spiro atoms. The third kappa shape index (κ3) is 3.65. The van der Waals surface area contributed by atoms with E-state index in [1.165, 1.54) is 12.6 Å². The number of oxime groups is 1. The number of amides is 1. The number of aldehydes is 1. The Morgan fingerprint density at radius 1 is 1.71 bits per heavy atom. The zero-order valence-corrected chi connectivity index (χ0v) is 10.8. The number of hydrogen-bond acceptors (Lipinski definition) is 6. The van der Waals surface area contributed by atoms with Crippen molar-refractivity contribution >= 4 is 57.4 Å². The topological polar surface area (TPSA) is 80.7 Å². The molecule has 1 aromatic rings. The average Bonchev–Trinajstić information content (AvgIpc) is 2.73. The Morgan fingerprint density at radius 2 is 2.41 bits per heavy atom. The van der Waals surface area contributed by atoms with Crippen LogP contribution in [0, 0.1) is 0 Å². The Hall–Kier alpha value is -1.18. The molecule has 17 heavy (non-hydrogen) atoms. The molecule has 1 amide bonds. The standard InChI is InChI=1S/C8H7Cl2N3O3S/c1-16-13-4(2-14)5-8(17-3-11-5)12-7(15)6(9)10/h2-3,6H,1H3,(H,12,15). The van der Waals surface area contributed by atoms with Crippen LogP contribution in [-0.2, 0) is 14.4 Å². The summed E-state index contributed by atoms with van der Waals surface area (Å²) >= 11 is 11.9. The third-order valence-electron chi connectivity index (χ3n) is 1.55. The first kappa shape index (κ1) is 13.9. The Kier molecular flexibility index (Phi) is 5.33. The fourth-order valence-corrected chi connectivity index (χ4v) is 1.70. The smallest absolute Gasteiger partial charge is 0.258 e. The number of thiazole rings is 1. The van der Waals surface area contributed by atoms with Crippen LogP contribution >= 0.6 is 34.5 Å². The van der Waals surface area contributed by atoms with E-state index in [9.17, 15) is 9.59 Å². The van der Waals surface area contributed by atoms with Gasteiger partial charge in [-0.05, 0) is 0 Å². The Morgan fingerprint density at radius 3 is 2.94 bits per heavy atom. The molecule has 0 aliphatic heterocycles. The number of aromatic nitrogens is 1. The summed E-state index contributed by atoms with van der Waals surface area (Å²) in [6.07, 6.45) is 0.465. The van der Waals surface area contributed by atoms with E-state index in [0.717, 1.165) is 11.3 Å². The van der Waals surface area contributed by atoms with Crippen molar-refractivity contribution in [2.45, 2.75) is 4.84 Å². The SMILES string of the molecule is CON=C(C=O)c1ncsc1NC(=O)C(Cl)Cl. The van der Waals surface area contributed by atoms with Crippen LogP contribution in [0.25, 0.3) is 0 Å². The highest BCUT2D eigenvalue weighted by Crippen LogP contribution is 2.21. The molecular weight excluding hydrogens is 289 g/mol. The summed E-state index contributed by atoms with van der Waals surface area (Å²) in [6, 6.07) is 0. The van der Waals surface area contributed by atoms with Gasteiger partial charge in [0, 0.05) is 0 Å². The fraction of sp³-hybridized carbons (Fsp3) is 0.250. The molecule has 1 heterocycles. The van der Waals surface area contributed by atoms with E-state index >= 15 is 0 Å². The largest absolute Gasteiger partial charge is 0.398 e. The van der Waals surface area contributed by atoms with Crippen molar-refractivity contribution in [3.8, 4) is 0 Å². The van der Waals surface area contributed by atoms with E-state index in [0.29, 0.717) is 11.3 Å². The number of nitrogens with zero attached hydrogens (tertiary/aromatic N) is 2. The number of anilines is 1. The summed E-state index contributed by atoms with van der Waals surface area (Å²) in [4.78, 5) is 29.2. The van der Waals surface area contributed by atoms with Gasteiger partial charge in [-0.15, -0.1) is 11.3 Å². The molecule has 9 heteroatoms. The van der Waals surface area contributed by atoms with Crippen molar-refractivity contribution in [1.82, 2.24) is 4.98 Å². The quantitative estimate of drug-likeness (QED) is 0.386. The van der Waals surface area contributed by atoms with Crippen molar-refractivity contribution in [2.24, 2.45) is 5.16 Å². The minimum Gasteiger partial charge on any atom is -0.398 e. The molecule has 0 bridgehead atoms. The maximum absolute atomic E-state index is 11.3. The zero-order valence-electron chi connectivity index (χ0n) is 8.52. The second-order valence-corrected chi connectivity index (χ2v) is 4.55. The molecule has 1 N–H and O–H groups in total. The molecule has 0 radical (unpaired) electrons. The summed E-state index contributed by atoms with van der Waals surface area (Å²) in [6.45, 7) is 0. The van der Waals surface area contributed by atoms with E-state index < -0.39 is 10.7 Å². The van der Waals surface area contributed by atoms with E-state index in [1.54, 1.807) is 0 Å². The highest BCUT2D eigenvalue weighted by molar-refractivity contribution is 7.14. The van der Waals surface area contributed by atoms with Crippen molar-refractivity contribution < 1.29 is 14.4 Å². The van der Waals surface area contributed by atoms with E-state index in [4.69, 9.17) is 23.2 Å². The van der Waals surface area contributed by atoms with Crippen LogP contribution in [0.2, 0.25) is 0 Å². The van der Waals surface area contributed by atoms with Gasteiger partial charge in [-0.1, -0.05) is 28.4 Å². The molecule has 92 valence electrons. The third-order valence-corrected chi connectivity index (χ3v) is 2.68. The molecule has 0 unspecified atom stereocenters. The van der Waals surface area contributed by atoms with Gasteiger partial charge in [-0.3, -0.25) is 9.59 Å². The predicted octanol–water partition coefficient (Wildman–Crippen LogP) is 1.43. The molecule has 0 saturated heterocycles. The highest BCUT2D eigenvalue weighted by Gasteiger charge is 2.18. The number of carbonyl (C=O) groups excluding carboxylic acids is 2. The summed E-state index contributed by atoms with van der Waals surface area (Å²) in [5, 5.41) is 6.22. The maximum Gasteiger partial charge on any atom is 0.258 e. The Bertz CT molecular complexity index is 447. The summed E-state index contributed by atoms with van der Waals surface area (Å²) in [5.41, 5.74) is 1.61. The van der Waals surface area contributed by atoms with Crippen molar-refractivity contribution in [1.29, 1.82) is 0 Å². The maximum atomic E-state index is 11.3. The Labute approximate surface area is 111 Å². The minimum atomic E-state index is -1.20. The first-order valence-electron chi connectivity index (χ1n) is 4.19. The number of rotatable bonds is 5. The molecule has 1 aromatic heterocycles. The van der Waals surface area contributed by atoms with Gasteiger partial charge in [0.2, 0.25) is 0 Å². The number of nitrogens with one attached hydrogen (secondary N) is 1.